The molecule has 0 radical (unpaired) electrons. The van der Waals surface area contributed by atoms with Gasteiger partial charge in [0.05, 0.1) is 25.0 Å². The highest BCUT2D eigenvalue weighted by molar-refractivity contribution is 5.96. The summed E-state index contributed by atoms with van der Waals surface area (Å²) >= 11 is 0. The minimum atomic E-state index is -0.332. The van der Waals surface area contributed by atoms with Crippen LogP contribution in [0.2, 0.25) is 0 Å². The SMILES string of the molecule is O=C(NN1CCOCC1)c1ccncc1O. The summed E-state index contributed by atoms with van der Waals surface area (Å²) in [5.41, 5.74) is 2.93. The van der Waals surface area contributed by atoms with Crippen LogP contribution in [0.4, 0.5) is 0 Å². The molecule has 1 fully saturated rings. The zero-order valence-electron chi connectivity index (χ0n) is 8.72. The molecule has 86 valence electrons. The molecule has 2 N–H and O–H groups in total. The van der Waals surface area contributed by atoms with Crippen molar-refractivity contribution in [2.45, 2.75) is 0 Å². The van der Waals surface area contributed by atoms with E-state index >= 15 is 0 Å². The summed E-state index contributed by atoms with van der Waals surface area (Å²) in [5.74, 6) is -0.449. The number of hydrazine groups is 1. The van der Waals surface area contributed by atoms with Crippen LogP contribution < -0.4 is 5.43 Å². The van der Waals surface area contributed by atoms with E-state index in [2.05, 4.69) is 10.4 Å². The van der Waals surface area contributed by atoms with Gasteiger partial charge in [-0.1, -0.05) is 0 Å². The molecule has 1 aliphatic rings. The van der Waals surface area contributed by atoms with E-state index in [1.165, 1.54) is 18.5 Å². The maximum absolute atomic E-state index is 11.8. The minimum absolute atomic E-state index is 0.117. The van der Waals surface area contributed by atoms with Gasteiger partial charge in [0.1, 0.15) is 5.75 Å². The van der Waals surface area contributed by atoms with Crippen LogP contribution in [0.3, 0.4) is 0 Å². The van der Waals surface area contributed by atoms with Crippen molar-refractivity contribution in [1.82, 2.24) is 15.4 Å². The van der Waals surface area contributed by atoms with E-state index in [-0.39, 0.29) is 17.2 Å². The Balaban J connectivity index is 2.00. The van der Waals surface area contributed by atoms with E-state index in [9.17, 15) is 9.90 Å². The lowest BCUT2D eigenvalue weighted by Crippen LogP contribution is -2.48. The van der Waals surface area contributed by atoms with Crippen LogP contribution in [0.1, 0.15) is 10.4 Å². The summed E-state index contributed by atoms with van der Waals surface area (Å²) in [4.78, 5) is 15.5. The molecule has 0 unspecified atom stereocenters. The molecule has 0 atom stereocenters. The molecule has 0 spiro atoms. The molecular weight excluding hydrogens is 210 g/mol. The van der Waals surface area contributed by atoms with Gasteiger partial charge in [-0.25, -0.2) is 5.01 Å². The Morgan fingerprint density at radius 1 is 1.50 bits per heavy atom. The first-order valence-electron chi connectivity index (χ1n) is 5.04. The number of carbonyl (C=O) groups excluding carboxylic acids is 1. The third-order valence-corrected chi connectivity index (χ3v) is 2.32. The molecule has 1 aromatic heterocycles. The zero-order valence-corrected chi connectivity index (χ0v) is 8.72. The average Bonchev–Trinajstić information content (AvgIpc) is 2.31. The number of carbonyl (C=O) groups is 1. The topological polar surface area (TPSA) is 74.7 Å². The highest BCUT2D eigenvalue weighted by Gasteiger charge is 2.16. The van der Waals surface area contributed by atoms with Gasteiger partial charge in [0.15, 0.2) is 0 Å². The molecule has 0 bridgehead atoms. The monoisotopic (exact) mass is 223 g/mol. The van der Waals surface area contributed by atoms with Crippen LogP contribution >= 0.6 is 0 Å². The smallest absolute Gasteiger partial charge is 0.269 e. The fraction of sp³-hybridized carbons (Fsp3) is 0.400. The molecule has 16 heavy (non-hydrogen) atoms. The van der Waals surface area contributed by atoms with Crippen LogP contribution in [0.5, 0.6) is 5.75 Å². The molecule has 6 heteroatoms. The molecular formula is C10H13N3O3. The largest absolute Gasteiger partial charge is 0.505 e. The number of aromatic nitrogens is 1. The van der Waals surface area contributed by atoms with Crippen LogP contribution in [0.15, 0.2) is 18.5 Å². The van der Waals surface area contributed by atoms with E-state index in [0.29, 0.717) is 26.3 Å². The molecule has 0 aromatic carbocycles. The van der Waals surface area contributed by atoms with Crippen LogP contribution in [0.25, 0.3) is 0 Å². The molecule has 0 saturated carbocycles. The van der Waals surface area contributed by atoms with E-state index in [1.54, 1.807) is 5.01 Å². The second-order valence-corrected chi connectivity index (χ2v) is 3.43. The second kappa shape index (κ2) is 4.91. The van der Waals surface area contributed by atoms with E-state index in [0.717, 1.165) is 0 Å². The zero-order chi connectivity index (χ0) is 11.4. The first-order valence-corrected chi connectivity index (χ1v) is 5.04. The van der Waals surface area contributed by atoms with Gasteiger partial charge in [-0.3, -0.25) is 15.2 Å². The summed E-state index contributed by atoms with van der Waals surface area (Å²) in [7, 11) is 0. The number of hydrogen-bond acceptors (Lipinski definition) is 5. The normalized spacial score (nSPS) is 17.0. The number of nitrogens with one attached hydrogen (secondary N) is 1. The van der Waals surface area contributed by atoms with Crippen LogP contribution in [0, 0.1) is 0 Å². The minimum Gasteiger partial charge on any atom is -0.505 e. The van der Waals surface area contributed by atoms with E-state index in [4.69, 9.17) is 4.74 Å². The van der Waals surface area contributed by atoms with Gasteiger partial charge in [-0.2, -0.15) is 0 Å². The summed E-state index contributed by atoms with van der Waals surface area (Å²) in [6, 6.07) is 1.48. The average molecular weight is 223 g/mol. The molecule has 1 aromatic rings. The quantitative estimate of drug-likeness (QED) is 0.724. The summed E-state index contributed by atoms with van der Waals surface area (Å²) in [6.07, 6.45) is 2.71. The third kappa shape index (κ3) is 2.47. The molecule has 2 heterocycles. The molecule has 6 nitrogen and oxygen atoms in total. The predicted molar refractivity (Wildman–Crippen MR) is 55.8 cm³/mol. The summed E-state index contributed by atoms with van der Waals surface area (Å²) in [5, 5.41) is 11.2. The van der Waals surface area contributed by atoms with Crippen molar-refractivity contribution < 1.29 is 14.6 Å². The Hall–Kier alpha value is -1.66. The van der Waals surface area contributed by atoms with Gasteiger partial charge in [0.25, 0.3) is 5.91 Å². The maximum Gasteiger partial charge on any atom is 0.269 e. The van der Waals surface area contributed by atoms with E-state index in [1.807, 2.05) is 0 Å². The number of morpholine rings is 1. The van der Waals surface area contributed by atoms with Crippen molar-refractivity contribution >= 4 is 5.91 Å². The Bertz CT molecular complexity index is 377. The van der Waals surface area contributed by atoms with Gasteiger partial charge < -0.3 is 9.84 Å². The van der Waals surface area contributed by atoms with Crippen LogP contribution in [-0.4, -0.2) is 47.3 Å². The molecule has 1 amide bonds. The first kappa shape index (κ1) is 10.8. The lowest BCUT2D eigenvalue weighted by molar-refractivity contribution is 0.0125. The van der Waals surface area contributed by atoms with E-state index < -0.39 is 0 Å². The number of rotatable bonds is 2. The van der Waals surface area contributed by atoms with Crippen molar-refractivity contribution in [3.05, 3.63) is 24.0 Å². The van der Waals surface area contributed by atoms with Gasteiger partial charge in [0.2, 0.25) is 0 Å². The maximum atomic E-state index is 11.8. The number of hydrogen-bond donors (Lipinski definition) is 2. The highest BCUT2D eigenvalue weighted by Crippen LogP contribution is 2.13. The second-order valence-electron chi connectivity index (χ2n) is 3.43. The van der Waals surface area contributed by atoms with Crippen molar-refractivity contribution in [1.29, 1.82) is 0 Å². The van der Waals surface area contributed by atoms with Crippen molar-refractivity contribution in [3.8, 4) is 5.75 Å². The van der Waals surface area contributed by atoms with Gasteiger partial charge in [-0.15, -0.1) is 0 Å². The van der Waals surface area contributed by atoms with Crippen molar-refractivity contribution in [2.75, 3.05) is 26.3 Å². The molecule has 0 aliphatic carbocycles. The lowest BCUT2D eigenvalue weighted by atomic mass is 10.2. The molecule has 1 saturated heterocycles. The number of ether oxygens (including phenoxy) is 1. The van der Waals surface area contributed by atoms with Crippen molar-refractivity contribution in [3.63, 3.8) is 0 Å². The third-order valence-electron chi connectivity index (χ3n) is 2.32. The fourth-order valence-corrected chi connectivity index (χ4v) is 1.46. The van der Waals surface area contributed by atoms with Crippen molar-refractivity contribution in [2.24, 2.45) is 0 Å². The number of nitrogens with zero attached hydrogens (tertiary/aromatic N) is 2. The predicted octanol–water partition coefficient (Wildman–Crippen LogP) is -0.236. The highest BCUT2D eigenvalue weighted by atomic mass is 16.5. The van der Waals surface area contributed by atoms with Gasteiger partial charge in [-0.05, 0) is 6.07 Å². The Morgan fingerprint density at radius 2 is 2.25 bits per heavy atom. The standard InChI is InChI=1S/C10H13N3O3/c14-9-7-11-2-1-8(9)10(15)12-13-3-5-16-6-4-13/h1-2,7,14H,3-6H2,(H,12,15). The molecule has 2 rings (SSSR count). The number of pyridine rings is 1. The Kier molecular flexibility index (Phi) is 3.33. The Morgan fingerprint density at radius 3 is 2.94 bits per heavy atom. The first-order chi connectivity index (χ1) is 7.77. The summed E-state index contributed by atoms with van der Waals surface area (Å²) in [6.45, 7) is 2.50. The van der Waals surface area contributed by atoms with Gasteiger partial charge in [0, 0.05) is 19.3 Å². The van der Waals surface area contributed by atoms with Crippen LogP contribution in [-0.2, 0) is 4.74 Å². The lowest BCUT2D eigenvalue weighted by Gasteiger charge is -2.26. The Labute approximate surface area is 92.8 Å². The summed E-state index contributed by atoms with van der Waals surface area (Å²) < 4.78 is 5.16. The fourth-order valence-electron chi connectivity index (χ4n) is 1.46. The van der Waals surface area contributed by atoms with Gasteiger partial charge >= 0.3 is 0 Å². The molecule has 1 aliphatic heterocycles. The number of aromatic hydroxyl groups is 1. The number of amides is 1.